The second kappa shape index (κ2) is 3.96. The van der Waals surface area contributed by atoms with Gasteiger partial charge in [-0.1, -0.05) is 0 Å². The Hall–Kier alpha value is -1.13. The molecule has 1 spiro atoms. The maximum absolute atomic E-state index is 10.4. The molecule has 1 saturated carbocycles. The van der Waals surface area contributed by atoms with Gasteiger partial charge in [-0.25, -0.2) is 0 Å². The molecule has 0 aromatic carbocycles. The van der Waals surface area contributed by atoms with Crippen LogP contribution >= 0.6 is 0 Å². The third-order valence-electron chi connectivity index (χ3n) is 4.20. The molecule has 1 saturated heterocycles. The lowest BCUT2D eigenvalue weighted by Gasteiger charge is -2.56. The van der Waals surface area contributed by atoms with Crippen LogP contribution in [0, 0.1) is 5.92 Å². The summed E-state index contributed by atoms with van der Waals surface area (Å²) in [5, 5.41) is 13.8. The standard InChI is InChI=1S/C13H18N2O2/c1-17-11-2-4-14-8-10(11)12(16)9-6-13(7-9)3-5-15-13/h2,4,8-9,12,15-16H,3,5-7H2,1H3. The Morgan fingerprint density at radius 2 is 2.35 bits per heavy atom. The molecular weight excluding hydrogens is 216 g/mol. The smallest absolute Gasteiger partial charge is 0.127 e. The van der Waals surface area contributed by atoms with Gasteiger partial charge in [0.1, 0.15) is 5.75 Å². The number of hydrogen-bond acceptors (Lipinski definition) is 4. The topological polar surface area (TPSA) is 54.4 Å². The van der Waals surface area contributed by atoms with Crippen molar-refractivity contribution in [3.8, 4) is 5.75 Å². The molecule has 3 rings (SSSR count). The number of aliphatic hydroxyl groups is 1. The summed E-state index contributed by atoms with van der Waals surface area (Å²) in [5.74, 6) is 1.07. The van der Waals surface area contributed by atoms with E-state index in [9.17, 15) is 5.11 Å². The van der Waals surface area contributed by atoms with Crippen LogP contribution in [0.2, 0.25) is 0 Å². The zero-order chi connectivity index (χ0) is 11.9. The molecule has 0 amide bonds. The maximum Gasteiger partial charge on any atom is 0.127 e. The largest absolute Gasteiger partial charge is 0.496 e. The number of nitrogens with one attached hydrogen (secondary N) is 1. The fraction of sp³-hybridized carbons (Fsp3) is 0.615. The summed E-state index contributed by atoms with van der Waals surface area (Å²) in [7, 11) is 1.63. The van der Waals surface area contributed by atoms with Crippen molar-refractivity contribution >= 4 is 0 Å². The monoisotopic (exact) mass is 234 g/mol. The minimum absolute atomic E-state index is 0.334. The molecule has 92 valence electrons. The third kappa shape index (κ3) is 1.72. The van der Waals surface area contributed by atoms with E-state index in [0.29, 0.717) is 11.5 Å². The highest BCUT2D eigenvalue weighted by atomic mass is 16.5. The van der Waals surface area contributed by atoms with Crippen LogP contribution in [0.3, 0.4) is 0 Å². The van der Waals surface area contributed by atoms with Crippen molar-refractivity contribution in [3.63, 3.8) is 0 Å². The highest BCUT2D eigenvalue weighted by Gasteiger charge is 2.50. The first kappa shape index (κ1) is 11.0. The number of methoxy groups -OCH3 is 1. The molecule has 1 aromatic rings. The zero-order valence-corrected chi connectivity index (χ0v) is 10.0. The molecule has 4 nitrogen and oxygen atoms in total. The number of nitrogens with zero attached hydrogens (tertiary/aromatic N) is 1. The lowest BCUT2D eigenvalue weighted by atomic mass is 9.60. The minimum Gasteiger partial charge on any atom is -0.496 e. The molecular formula is C13H18N2O2. The molecule has 1 atom stereocenters. The number of pyridine rings is 1. The van der Waals surface area contributed by atoms with Crippen LogP contribution in [0.15, 0.2) is 18.5 Å². The van der Waals surface area contributed by atoms with Crippen LogP contribution < -0.4 is 10.1 Å². The fourth-order valence-electron chi connectivity index (χ4n) is 3.05. The molecule has 17 heavy (non-hydrogen) atoms. The molecule has 0 bridgehead atoms. The maximum atomic E-state index is 10.4. The highest BCUT2D eigenvalue weighted by Crippen LogP contribution is 2.50. The second-order valence-electron chi connectivity index (χ2n) is 5.19. The normalized spacial score (nSPS) is 32.7. The van der Waals surface area contributed by atoms with Crippen LogP contribution in [0.1, 0.15) is 30.9 Å². The summed E-state index contributed by atoms with van der Waals surface area (Å²) < 4.78 is 5.26. The highest BCUT2D eigenvalue weighted by molar-refractivity contribution is 5.33. The van der Waals surface area contributed by atoms with Crippen molar-refractivity contribution in [2.75, 3.05) is 13.7 Å². The van der Waals surface area contributed by atoms with E-state index < -0.39 is 6.10 Å². The quantitative estimate of drug-likeness (QED) is 0.827. The molecule has 2 heterocycles. The van der Waals surface area contributed by atoms with E-state index in [-0.39, 0.29) is 0 Å². The SMILES string of the molecule is COc1ccncc1C(O)C1CC2(CCN2)C1. The summed E-state index contributed by atoms with van der Waals surface area (Å²) in [6, 6.07) is 1.80. The average molecular weight is 234 g/mol. The summed E-state index contributed by atoms with van der Waals surface area (Å²) in [5.41, 5.74) is 1.16. The number of rotatable bonds is 3. The van der Waals surface area contributed by atoms with E-state index in [0.717, 1.165) is 30.7 Å². The summed E-state index contributed by atoms with van der Waals surface area (Å²) in [6.45, 7) is 1.12. The lowest BCUT2D eigenvalue weighted by molar-refractivity contribution is -0.0375. The molecule has 4 heteroatoms. The van der Waals surface area contributed by atoms with E-state index in [2.05, 4.69) is 10.3 Å². The lowest BCUT2D eigenvalue weighted by Crippen LogP contribution is -2.65. The van der Waals surface area contributed by atoms with E-state index in [4.69, 9.17) is 4.74 Å². The van der Waals surface area contributed by atoms with Gasteiger partial charge in [-0.3, -0.25) is 4.98 Å². The molecule has 1 aliphatic carbocycles. The van der Waals surface area contributed by atoms with Crippen LogP contribution in [-0.4, -0.2) is 29.3 Å². The van der Waals surface area contributed by atoms with Gasteiger partial charge >= 0.3 is 0 Å². The van der Waals surface area contributed by atoms with Gasteiger partial charge in [0.15, 0.2) is 0 Å². The molecule has 1 unspecified atom stereocenters. The molecule has 2 aliphatic rings. The Balaban J connectivity index is 1.71. The average Bonchev–Trinajstić information content (AvgIpc) is 2.25. The Bertz CT molecular complexity index is 410. The summed E-state index contributed by atoms with van der Waals surface area (Å²) in [4.78, 5) is 4.07. The first-order chi connectivity index (χ1) is 8.24. The summed E-state index contributed by atoms with van der Waals surface area (Å²) >= 11 is 0. The van der Waals surface area contributed by atoms with Crippen molar-refractivity contribution in [1.82, 2.24) is 10.3 Å². The number of aromatic nitrogens is 1. The van der Waals surface area contributed by atoms with Crippen molar-refractivity contribution in [2.24, 2.45) is 5.92 Å². The van der Waals surface area contributed by atoms with Crippen molar-refractivity contribution in [3.05, 3.63) is 24.0 Å². The molecule has 1 aliphatic heterocycles. The van der Waals surface area contributed by atoms with E-state index >= 15 is 0 Å². The second-order valence-corrected chi connectivity index (χ2v) is 5.19. The van der Waals surface area contributed by atoms with Gasteiger partial charge in [-0.05, 0) is 37.8 Å². The predicted molar refractivity (Wildman–Crippen MR) is 63.8 cm³/mol. The predicted octanol–water partition coefficient (Wildman–Crippen LogP) is 1.27. The van der Waals surface area contributed by atoms with Crippen molar-refractivity contribution in [1.29, 1.82) is 0 Å². The van der Waals surface area contributed by atoms with Gasteiger partial charge in [-0.2, -0.15) is 0 Å². The number of hydrogen-bond donors (Lipinski definition) is 2. The van der Waals surface area contributed by atoms with Gasteiger partial charge in [0.2, 0.25) is 0 Å². The van der Waals surface area contributed by atoms with Gasteiger partial charge in [0, 0.05) is 23.5 Å². The molecule has 0 radical (unpaired) electrons. The Kier molecular flexibility index (Phi) is 2.56. The van der Waals surface area contributed by atoms with Crippen LogP contribution in [0.4, 0.5) is 0 Å². The van der Waals surface area contributed by atoms with Crippen molar-refractivity contribution in [2.45, 2.75) is 30.9 Å². The van der Waals surface area contributed by atoms with Crippen LogP contribution in [0.5, 0.6) is 5.75 Å². The Morgan fingerprint density at radius 3 is 2.94 bits per heavy atom. The van der Waals surface area contributed by atoms with E-state index in [1.807, 2.05) is 0 Å². The van der Waals surface area contributed by atoms with Crippen molar-refractivity contribution < 1.29 is 9.84 Å². The fourth-order valence-corrected chi connectivity index (χ4v) is 3.05. The van der Waals surface area contributed by atoms with Gasteiger partial charge in [0.25, 0.3) is 0 Å². The van der Waals surface area contributed by atoms with E-state index in [1.54, 1.807) is 25.6 Å². The first-order valence-corrected chi connectivity index (χ1v) is 6.15. The Morgan fingerprint density at radius 1 is 1.59 bits per heavy atom. The van der Waals surface area contributed by atoms with Gasteiger partial charge in [-0.15, -0.1) is 0 Å². The summed E-state index contributed by atoms with van der Waals surface area (Å²) in [6.07, 6.45) is 6.32. The molecule has 2 fully saturated rings. The minimum atomic E-state index is -0.452. The van der Waals surface area contributed by atoms with Crippen LogP contribution in [0.25, 0.3) is 0 Å². The molecule has 1 aromatic heterocycles. The van der Waals surface area contributed by atoms with Crippen LogP contribution in [-0.2, 0) is 0 Å². The first-order valence-electron chi connectivity index (χ1n) is 6.15. The number of aliphatic hydroxyl groups excluding tert-OH is 1. The Labute approximate surface area is 101 Å². The molecule has 2 N–H and O–H groups in total. The third-order valence-corrected chi connectivity index (χ3v) is 4.20. The van der Waals surface area contributed by atoms with E-state index in [1.165, 1.54) is 6.42 Å². The number of ether oxygens (including phenoxy) is 1. The van der Waals surface area contributed by atoms with Gasteiger partial charge < -0.3 is 15.2 Å². The van der Waals surface area contributed by atoms with Gasteiger partial charge in [0.05, 0.1) is 13.2 Å². The zero-order valence-electron chi connectivity index (χ0n) is 10.0.